The average Bonchev–Trinajstić information content (AvgIpc) is 3.40. The number of carbonyl (C=O) groups is 3. The van der Waals surface area contributed by atoms with Crippen molar-refractivity contribution in [1.82, 2.24) is 49.5 Å². The summed E-state index contributed by atoms with van der Waals surface area (Å²) in [7, 11) is 0. The normalized spacial score (nSPS) is 18.6. The molecule has 0 bridgehead atoms. The van der Waals surface area contributed by atoms with Crippen LogP contribution in [0.1, 0.15) is 61.4 Å². The van der Waals surface area contributed by atoms with E-state index in [4.69, 9.17) is 4.74 Å². The quantitative estimate of drug-likeness (QED) is 0.171. The Hall–Kier alpha value is -7.62. The Morgan fingerprint density at radius 2 is 1.55 bits per heavy atom. The fourth-order valence-electron chi connectivity index (χ4n) is 10.4. The van der Waals surface area contributed by atoms with Crippen LogP contribution in [0.25, 0.3) is 33.4 Å². The second-order valence-corrected chi connectivity index (χ2v) is 19.0. The Labute approximate surface area is 410 Å². The van der Waals surface area contributed by atoms with Crippen LogP contribution in [0, 0.1) is 24.2 Å². The van der Waals surface area contributed by atoms with Crippen LogP contribution in [0.2, 0.25) is 0 Å². The molecule has 7 heterocycles. The molecule has 3 amide bonds. The van der Waals surface area contributed by atoms with E-state index < -0.39 is 11.9 Å². The van der Waals surface area contributed by atoms with Crippen LogP contribution in [0.5, 0.6) is 5.75 Å². The molecule has 6 aromatic rings. The number of nitrogens with zero attached hydrogens (tertiary/aromatic N) is 11. The minimum Gasteiger partial charge on any atom is -0.490 e. The summed E-state index contributed by atoms with van der Waals surface area (Å²) in [6, 6.07) is 25.6. The summed E-state index contributed by atoms with van der Waals surface area (Å²) in [6.07, 6.45) is 7.62. The number of benzene rings is 3. The molecular formula is C53H56N12O6. The highest BCUT2D eigenvalue weighted by Crippen LogP contribution is 2.28. The molecule has 0 aliphatic carbocycles. The van der Waals surface area contributed by atoms with Gasteiger partial charge in [-0.1, -0.05) is 30.3 Å². The van der Waals surface area contributed by atoms with Gasteiger partial charge in [0.25, 0.3) is 17.0 Å². The number of aryl methyl sites for hydroxylation is 1. The maximum atomic E-state index is 13.5. The molecule has 0 saturated carbocycles. The number of likely N-dealkylation sites (tertiary alicyclic amines) is 2. The molecule has 4 fully saturated rings. The van der Waals surface area contributed by atoms with Crippen molar-refractivity contribution in [3.8, 4) is 34.5 Å². The lowest BCUT2D eigenvalue weighted by Crippen LogP contribution is -2.54. The molecule has 364 valence electrons. The summed E-state index contributed by atoms with van der Waals surface area (Å²) in [5.41, 5.74) is 4.70. The zero-order valence-corrected chi connectivity index (χ0v) is 39.8. The Morgan fingerprint density at radius 3 is 2.31 bits per heavy atom. The highest BCUT2D eigenvalue weighted by molar-refractivity contribution is 5.99. The van der Waals surface area contributed by atoms with Crippen molar-refractivity contribution in [2.75, 3.05) is 70.4 Å². The van der Waals surface area contributed by atoms with Crippen LogP contribution in [-0.4, -0.2) is 134 Å². The SMILES string of the molecule is Cc1nn(C2CCC(=O)NC2=O)c(=O)c2ccc(N3CCN(C4CCN(C(=O)CN5CCC(COc6cnc(-c7cccc(Cn8nc(-c9cccc(C#N)c9)ccc8=O)c7)nc6)CC5)CC4)CC3)cc12. The third kappa shape index (κ3) is 10.6. The maximum Gasteiger partial charge on any atom is 0.275 e. The second kappa shape index (κ2) is 20.8. The van der Waals surface area contributed by atoms with Gasteiger partial charge in [-0.05, 0) is 106 Å². The molecule has 4 aliphatic heterocycles. The van der Waals surface area contributed by atoms with Crippen molar-refractivity contribution >= 4 is 34.2 Å². The topological polar surface area (TPSA) is 205 Å². The molecule has 3 aromatic carbocycles. The third-order valence-electron chi connectivity index (χ3n) is 14.5. The van der Waals surface area contributed by atoms with Crippen molar-refractivity contribution in [2.45, 2.75) is 64.1 Å². The van der Waals surface area contributed by atoms with Gasteiger partial charge in [-0.25, -0.2) is 19.3 Å². The monoisotopic (exact) mass is 956 g/mol. The molecule has 18 heteroatoms. The number of hydrogen-bond acceptors (Lipinski definition) is 14. The number of fused-ring (bicyclic) bond motifs is 1. The van der Waals surface area contributed by atoms with Crippen LogP contribution in [-0.2, 0) is 20.9 Å². The minimum absolute atomic E-state index is 0.174. The van der Waals surface area contributed by atoms with Crippen LogP contribution in [0.4, 0.5) is 5.69 Å². The van der Waals surface area contributed by atoms with Gasteiger partial charge in [0, 0.05) is 80.0 Å². The summed E-state index contributed by atoms with van der Waals surface area (Å²) in [4.78, 5) is 82.2. The van der Waals surface area contributed by atoms with E-state index in [2.05, 4.69) is 46.3 Å². The first kappa shape index (κ1) is 47.1. The van der Waals surface area contributed by atoms with Gasteiger partial charge >= 0.3 is 0 Å². The van der Waals surface area contributed by atoms with Gasteiger partial charge in [0.05, 0.1) is 60.5 Å². The van der Waals surface area contributed by atoms with Gasteiger partial charge in [-0.3, -0.25) is 39.1 Å². The molecule has 0 spiro atoms. The summed E-state index contributed by atoms with van der Waals surface area (Å²) >= 11 is 0. The fraction of sp³-hybridized carbons (Fsp3) is 0.396. The molecule has 18 nitrogen and oxygen atoms in total. The Bertz CT molecular complexity index is 3130. The van der Waals surface area contributed by atoms with Gasteiger partial charge in [0.15, 0.2) is 11.6 Å². The van der Waals surface area contributed by atoms with E-state index in [0.717, 1.165) is 106 Å². The predicted molar refractivity (Wildman–Crippen MR) is 265 cm³/mol. The minimum atomic E-state index is -0.799. The predicted octanol–water partition coefficient (Wildman–Crippen LogP) is 4.19. The summed E-state index contributed by atoms with van der Waals surface area (Å²) in [5.74, 6) is 0.890. The van der Waals surface area contributed by atoms with Crippen molar-refractivity contribution in [3.63, 3.8) is 0 Å². The van der Waals surface area contributed by atoms with E-state index in [-0.39, 0.29) is 42.3 Å². The molecule has 1 unspecified atom stereocenters. The van der Waals surface area contributed by atoms with Gasteiger partial charge in [0.2, 0.25) is 11.8 Å². The molecule has 71 heavy (non-hydrogen) atoms. The summed E-state index contributed by atoms with van der Waals surface area (Å²) in [6.45, 7) is 9.87. The highest BCUT2D eigenvalue weighted by atomic mass is 16.5. The number of piperidine rings is 3. The van der Waals surface area contributed by atoms with Crippen molar-refractivity contribution in [1.29, 1.82) is 5.26 Å². The smallest absolute Gasteiger partial charge is 0.275 e. The van der Waals surface area contributed by atoms with E-state index >= 15 is 0 Å². The number of hydrogen-bond donors (Lipinski definition) is 1. The zero-order chi connectivity index (χ0) is 49.0. The number of carbonyl (C=O) groups excluding carboxylic acids is 3. The Kier molecular flexibility index (Phi) is 13.8. The maximum absolute atomic E-state index is 13.5. The number of ether oxygens (including phenoxy) is 1. The average molecular weight is 957 g/mol. The first-order valence-corrected chi connectivity index (χ1v) is 24.5. The fourth-order valence-corrected chi connectivity index (χ4v) is 10.4. The lowest BCUT2D eigenvalue weighted by atomic mass is 9.97. The number of anilines is 1. The molecule has 1 N–H and O–H groups in total. The van der Waals surface area contributed by atoms with E-state index in [1.807, 2.05) is 60.4 Å². The molecule has 4 saturated heterocycles. The molecular weight excluding hydrogens is 901 g/mol. The summed E-state index contributed by atoms with van der Waals surface area (Å²) < 4.78 is 8.79. The van der Waals surface area contributed by atoms with E-state index in [9.17, 15) is 29.2 Å². The van der Waals surface area contributed by atoms with Crippen molar-refractivity contribution in [3.05, 3.63) is 129 Å². The largest absolute Gasteiger partial charge is 0.490 e. The standard InChI is InChI=1S/C53H56N12O6/c1-35-45-28-42(8-9-44(45)53(70)65(58-35)47-11-12-48(66)57-52(47)69)62-24-22-61(23-25-62)41-16-20-63(21-17-41)50(68)33-60-18-14-36(15-19-60)34-71-43-30-55-51(56-31-43)40-7-3-5-38(27-40)32-64-49(67)13-10-46(59-64)39-6-2-4-37(26-39)29-54/h2-10,13,26-28,30-31,36,41,47H,11-12,14-25,32-34H2,1H3,(H,57,66,69). The lowest BCUT2D eigenvalue weighted by molar-refractivity contribution is -0.136. The second-order valence-electron chi connectivity index (χ2n) is 19.0. The lowest BCUT2D eigenvalue weighted by Gasteiger charge is -2.43. The van der Waals surface area contributed by atoms with Gasteiger partial charge in [0.1, 0.15) is 6.04 Å². The van der Waals surface area contributed by atoms with E-state index in [1.54, 1.807) is 36.7 Å². The molecule has 0 radical (unpaired) electrons. The summed E-state index contributed by atoms with van der Waals surface area (Å²) in [5, 5.41) is 22.0. The first-order valence-electron chi connectivity index (χ1n) is 24.5. The Morgan fingerprint density at radius 1 is 0.789 bits per heavy atom. The Balaban J connectivity index is 0.640. The molecule has 1 atom stereocenters. The van der Waals surface area contributed by atoms with Crippen LogP contribution in [0.15, 0.2) is 101 Å². The number of imide groups is 1. The van der Waals surface area contributed by atoms with Gasteiger partial charge < -0.3 is 14.5 Å². The van der Waals surface area contributed by atoms with Crippen LogP contribution < -0.4 is 26.1 Å². The number of rotatable bonds is 12. The van der Waals surface area contributed by atoms with E-state index in [0.29, 0.717) is 59.0 Å². The van der Waals surface area contributed by atoms with Crippen molar-refractivity contribution in [2.24, 2.45) is 5.92 Å². The van der Waals surface area contributed by atoms with Crippen molar-refractivity contribution < 1.29 is 19.1 Å². The number of piperazine rings is 1. The van der Waals surface area contributed by atoms with Gasteiger partial charge in [-0.2, -0.15) is 15.5 Å². The number of amides is 3. The molecule has 3 aromatic heterocycles. The van der Waals surface area contributed by atoms with E-state index in [1.165, 1.54) is 15.4 Å². The van der Waals surface area contributed by atoms with Crippen LogP contribution >= 0.6 is 0 Å². The zero-order valence-electron chi connectivity index (χ0n) is 39.8. The first-order chi connectivity index (χ1) is 34.5. The third-order valence-corrected chi connectivity index (χ3v) is 14.5. The number of nitriles is 1. The van der Waals surface area contributed by atoms with Gasteiger partial charge in [-0.15, -0.1) is 0 Å². The molecule has 10 rings (SSSR count). The number of aromatic nitrogens is 6. The molecule has 4 aliphatic rings. The van der Waals surface area contributed by atoms with Crippen LogP contribution in [0.3, 0.4) is 0 Å². The highest BCUT2D eigenvalue weighted by Gasteiger charge is 2.32. The number of nitrogens with one attached hydrogen (secondary N) is 1.